The average Bonchev–Trinajstić information content (AvgIpc) is 3.58. The monoisotopic (exact) mass is 439 g/mol. The van der Waals surface area contributed by atoms with E-state index in [0.29, 0.717) is 30.3 Å². The first-order valence-corrected chi connectivity index (χ1v) is 11.5. The number of hydrogen-bond acceptors (Lipinski definition) is 7. The number of fused-ring (bicyclic) bond motifs is 1. The number of nitrogens with one attached hydrogen (secondary N) is 1. The van der Waals surface area contributed by atoms with Gasteiger partial charge < -0.3 is 5.73 Å². The second-order valence-electron chi connectivity index (χ2n) is 9.25. The molecule has 1 aliphatic carbocycles. The maximum atomic E-state index is 13.3. The Kier molecular flexibility index (Phi) is 5.56. The molecule has 0 spiro atoms. The van der Waals surface area contributed by atoms with Crippen molar-refractivity contribution in [3.63, 3.8) is 0 Å². The van der Waals surface area contributed by atoms with Gasteiger partial charge in [-0.1, -0.05) is 12.1 Å². The molecule has 2 unspecified atom stereocenters. The highest BCUT2D eigenvalue weighted by molar-refractivity contribution is 6.24. The zero-order valence-electron chi connectivity index (χ0n) is 18.1. The van der Waals surface area contributed by atoms with Crippen molar-refractivity contribution in [1.82, 2.24) is 20.0 Å². The van der Waals surface area contributed by atoms with Gasteiger partial charge in [-0.25, -0.2) is 0 Å². The Bertz CT molecular complexity index is 975. The molecule has 4 amide bonds. The number of carbonyl (C=O) groups is 4. The van der Waals surface area contributed by atoms with Gasteiger partial charge in [0.05, 0.1) is 11.1 Å². The molecule has 9 heteroatoms. The zero-order valence-corrected chi connectivity index (χ0v) is 18.1. The number of nitrogens with two attached hydrogens (primary N) is 1. The number of carbonyl (C=O) groups excluding carboxylic acids is 4. The van der Waals surface area contributed by atoms with Crippen LogP contribution in [0.4, 0.5) is 0 Å². The van der Waals surface area contributed by atoms with Crippen molar-refractivity contribution < 1.29 is 19.2 Å². The van der Waals surface area contributed by atoms with E-state index in [0.717, 1.165) is 42.6 Å². The quantitative estimate of drug-likeness (QED) is 0.597. The molecule has 5 rings (SSSR count). The summed E-state index contributed by atoms with van der Waals surface area (Å²) in [5.74, 6) is -1.12. The molecular formula is C23H29N5O4. The van der Waals surface area contributed by atoms with Crippen LogP contribution in [-0.4, -0.2) is 83.1 Å². The summed E-state index contributed by atoms with van der Waals surface area (Å²) < 4.78 is 0. The number of amides is 4. The lowest BCUT2D eigenvalue weighted by atomic mass is 10.0. The summed E-state index contributed by atoms with van der Waals surface area (Å²) in [6.45, 7) is 4.90. The maximum absolute atomic E-state index is 13.3. The number of nitrogens with zero attached hydrogens (tertiary/aromatic N) is 3. The van der Waals surface area contributed by atoms with Gasteiger partial charge in [-0.15, -0.1) is 0 Å². The minimum atomic E-state index is -0.938. The molecular weight excluding hydrogens is 410 g/mol. The third kappa shape index (κ3) is 3.74. The summed E-state index contributed by atoms with van der Waals surface area (Å²) in [5, 5.41) is 2.24. The molecule has 32 heavy (non-hydrogen) atoms. The standard InChI is InChI=1S/C23H29N5O4/c24-8-9-27-11-10-26(13-18(27)14-4-5-14)12-15-2-1-3-16-20(15)23(32)28(22(16)31)17-6-7-19(29)25-21(17)30/h1-3,14,17-18H,4-13,24H2,(H,25,29,30). The van der Waals surface area contributed by atoms with Crippen LogP contribution in [0.5, 0.6) is 0 Å². The van der Waals surface area contributed by atoms with Gasteiger partial charge in [-0.2, -0.15) is 0 Å². The number of piperazine rings is 1. The van der Waals surface area contributed by atoms with E-state index in [1.807, 2.05) is 6.07 Å². The topological polar surface area (TPSA) is 116 Å². The van der Waals surface area contributed by atoms with Crippen LogP contribution in [0.3, 0.4) is 0 Å². The molecule has 0 radical (unpaired) electrons. The summed E-state index contributed by atoms with van der Waals surface area (Å²) in [7, 11) is 0. The second kappa shape index (κ2) is 8.38. The number of hydrogen-bond donors (Lipinski definition) is 2. The molecule has 0 bridgehead atoms. The molecule has 3 heterocycles. The van der Waals surface area contributed by atoms with Gasteiger partial charge in [-0.05, 0) is 36.8 Å². The van der Waals surface area contributed by atoms with Crippen molar-refractivity contribution in [2.45, 2.75) is 44.3 Å². The maximum Gasteiger partial charge on any atom is 0.262 e. The fraction of sp³-hybridized carbons (Fsp3) is 0.565. The highest BCUT2D eigenvalue weighted by Crippen LogP contribution is 2.37. The molecule has 3 fully saturated rings. The minimum absolute atomic E-state index is 0.117. The normalized spacial score (nSPS) is 27.1. The van der Waals surface area contributed by atoms with Crippen LogP contribution in [0.1, 0.15) is 52.0 Å². The van der Waals surface area contributed by atoms with Crippen LogP contribution < -0.4 is 11.1 Å². The second-order valence-corrected chi connectivity index (χ2v) is 9.25. The zero-order chi connectivity index (χ0) is 22.4. The Hall–Kier alpha value is -2.62. The molecule has 170 valence electrons. The van der Waals surface area contributed by atoms with Gasteiger partial charge in [0.1, 0.15) is 6.04 Å². The Labute approximate surface area is 186 Å². The van der Waals surface area contributed by atoms with Crippen molar-refractivity contribution in [1.29, 1.82) is 0 Å². The summed E-state index contributed by atoms with van der Waals surface area (Å²) in [5.41, 5.74) is 7.37. The molecule has 1 aromatic rings. The molecule has 1 saturated carbocycles. The summed E-state index contributed by atoms with van der Waals surface area (Å²) in [6.07, 6.45) is 2.80. The lowest BCUT2D eigenvalue weighted by Gasteiger charge is -2.42. The van der Waals surface area contributed by atoms with E-state index in [-0.39, 0.29) is 18.7 Å². The van der Waals surface area contributed by atoms with Crippen molar-refractivity contribution >= 4 is 23.6 Å². The van der Waals surface area contributed by atoms with Gasteiger partial charge >= 0.3 is 0 Å². The number of benzene rings is 1. The Morgan fingerprint density at radius 3 is 2.56 bits per heavy atom. The van der Waals surface area contributed by atoms with E-state index in [1.54, 1.807) is 12.1 Å². The summed E-state index contributed by atoms with van der Waals surface area (Å²) in [6, 6.07) is 4.90. The number of rotatable bonds is 6. The van der Waals surface area contributed by atoms with Gasteiger partial charge in [-0.3, -0.25) is 39.2 Å². The summed E-state index contributed by atoms with van der Waals surface area (Å²) in [4.78, 5) is 56.1. The Balaban J connectivity index is 1.35. The van der Waals surface area contributed by atoms with E-state index >= 15 is 0 Å². The van der Waals surface area contributed by atoms with Crippen LogP contribution in [0, 0.1) is 5.92 Å². The van der Waals surface area contributed by atoms with Gasteiger partial charge in [0, 0.05) is 51.7 Å². The highest BCUT2D eigenvalue weighted by atomic mass is 16.2. The van der Waals surface area contributed by atoms with Crippen LogP contribution >= 0.6 is 0 Å². The fourth-order valence-corrected chi connectivity index (χ4v) is 5.38. The Morgan fingerprint density at radius 2 is 1.84 bits per heavy atom. The lowest BCUT2D eigenvalue weighted by molar-refractivity contribution is -0.136. The Morgan fingerprint density at radius 1 is 1.03 bits per heavy atom. The first-order valence-electron chi connectivity index (χ1n) is 11.5. The van der Waals surface area contributed by atoms with E-state index in [1.165, 1.54) is 12.8 Å². The van der Waals surface area contributed by atoms with Gasteiger partial charge in [0.15, 0.2) is 0 Å². The molecule has 2 saturated heterocycles. The van der Waals surface area contributed by atoms with E-state index in [2.05, 4.69) is 15.1 Å². The molecule has 3 N–H and O–H groups in total. The van der Waals surface area contributed by atoms with E-state index < -0.39 is 23.8 Å². The van der Waals surface area contributed by atoms with Crippen LogP contribution in [-0.2, 0) is 16.1 Å². The third-order valence-corrected chi connectivity index (χ3v) is 7.15. The van der Waals surface area contributed by atoms with Crippen LogP contribution in [0.25, 0.3) is 0 Å². The third-order valence-electron chi connectivity index (χ3n) is 7.15. The summed E-state index contributed by atoms with van der Waals surface area (Å²) >= 11 is 0. The molecule has 3 aliphatic heterocycles. The molecule has 0 aromatic heterocycles. The molecule has 4 aliphatic rings. The van der Waals surface area contributed by atoms with Crippen molar-refractivity contribution in [3.8, 4) is 0 Å². The van der Waals surface area contributed by atoms with Gasteiger partial charge in [0.25, 0.3) is 11.8 Å². The lowest BCUT2D eigenvalue weighted by Crippen LogP contribution is -2.55. The van der Waals surface area contributed by atoms with Crippen LogP contribution in [0.2, 0.25) is 0 Å². The first-order chi connectivity index (χ1) is 15.5. The van der Waals surface area contributed by atoms with Crippen LogP contribution in [0.15, 0.2) is 18.2 Å². The molecule has 1 aromatic carbocycles. The molecule has 2 atom stereocenters. The van der Waals surface area contributed by atoms with Crippen molar-refractivity contribution in [2.75, 3.05) is 32.7 Å². The van der Waals surface area contributed by atoms with Gasteiger partial charge in [0.2, 0.25) is 11.8 Å². The SMILES string of the molecule is NCCN1CCN(Cc2cccc3c2C(=O)N(C2CCC(=O)NC2=O)C3=O)CC1C1CC1. The highest BCUT2D eigenvalue weighted by Gasteiger charge is 2.46. The van der Waals surface area contributed by atoms with E-state index in [9.17, 15) is 19.2 Å². The predicted molar refractivity (Wildman–Crippen MR) is 116 cm³/mol. The van der Waals surface area contributed by atoms with Crippen molar-refractivity contribution in [2.24, 2.45) is 11.7 Å². The number of imide groups is 2. The van der Waals surface area contributed by atoms with Crippen molar-refractivity contribution in [3.05, 3.63) is 34.9 Å². The average molecular weight is 440 g/mol. The smallest absolute Gasteiger partial charge is 0.262 e. The van der Waals surface area contributed by atoms with E-state index in [4.69, 9.17) is 5.73 Å². The number of piperidine rings is 1. The molecule has 9 nitrogen and oxygen atoms in total. The fourth-order valence-electron chi connectivity index (χ4n) is 5.38. The minimum Gasteiger partial charge on any atom is -0.329 e. The predicted octanol–water partition coefficient (Wildman–Crippen LogP) is -0.0573. The first kappa shape index (κ1) is 21.2. The largest absolute Gasteiger partial charge is 0.329 e.